The van der Waals surface area contributed by atoms with Crippen LogP contribution >= 0.6 is 23.4 Å². The third kappa shape index (κ3) is 5.64. The Labute approximate surface area is 187 Å². The number of carbonyl (C=O) groups is 2. The zero-order valence-corrected chi connectivity index (χ0v) is 18.2. The summed E-state index contributed by atoms with van der Waals surface area (Å²) in [6.07, 6.45) is 0. The van der Waals surface area contributed by atoms with Gasteiger partial charge in [-0.3, -0.25) is 20.4 Å². The monoisotopic (exact) mass is 462 g/mol. The lowest BCUT2D eigenvalue weighted by molar-refractivity contribution is -0.119. The molecule has 0 aliphatic rings. The Kier molecular flexibility index (Phi) is 7.68. The standard InChI is InChI=1S/C19H19ClN6O4S/c1-3-30-16-7-5-4-6-14(16)26-19(23-24-25-26)31-11-17(27)21-22-18(28)13-10-12(20)8-9-15(13)29-2/h4-10H,3,11H2,1-2H3,(H,21,27)(H,22,28). The average molecular weight is 463 g/mol. The molecule has 31 heavy (non-hydrogen) atoms. The fourth-order valence-electron chi connectivity index (χ4n) is 2.55. The highest BCUT2D eigenvalue weighted by Gasteiger charge is 2.16. The van der Waals surface area contributed by atoms with E-state index in [2.05, 4.69) is 26.4 Å². The Hall–Kier alpha value is -3.31. The lowest BCUT2D eigenvalue weighted by atomic mass is 10.2. The first kappa shape index (κ1) is 22.4. The second-order valence-corrected chi connectivity index (χ2v) is 7.29. The largest absolute Gasteiger partial charge is 0.496 e. The van der Waals surface area contributed by atoms with Gasteiger partial charge in [-0.05, 0) is 47.7 Å². The molecule has 0 bridgehead atoms. The molecule has 2 aromatic carbocycles. The van der Waals surface area contributed by atoms with Crippen molar-refractivity contribution in [3.8, 4) is 17.2 Å². The summed E-state index contributed by atoms with van der Waals surface area (Å²) in [5, 5.41) is 12.4. The van der Waals surface area contributed by atoms with E-state index < -0.39 is 11.8 Å². The Balaban J connectivity index is 1.60. The zero-order valence-electron chi connectivity index (χ0n) is 16.7. The molecule has 0 radical (unpaired) electrons. The van der Waals surface area contributed by atoms with Crippen molar-refractivity contribution in [1.29, 1.82) is 0 Å². The van der Waals surface area contributed by atoms with Gasteiger partial charge < -0.3 is 9.47 Å². The third-order valence-corrected chi connectivity index (χ3v) is 5.04. The number of tetrazole rings is 1. The van der Waals surface area contributed by atoms with Gasteiger partial charge in [0.15, 0.2) is 0 Å². The SMILES string of the molecule is CCOc1ccccc1-n1nnnc1SCC(=O)NNC(=O)c1cc(Cl)ccc1OC. The molecular weight excluding hydrogens is 444 g/mol. The molecule has 0 atom stereocenters. The Morgan fingerprint density at radius 3 is 2.74 bits per heavy atom. The van der Waals surface area contributed by atoms with Crippen molar-refractivity contribution >= 4 is 35.2 Å². The molecular formula is C19H19ClN6O4S. The van der Waals surface area contributed by atoms with Crippen LogP contribution in [0.3, 0.4) is 0 Å². The minimum Gasteiger partial charge on any atom is -0.496 e. The van der Waals surface area contributed by atoms with Crippen molar-refractivity contribution in [3.05, 3.63) is 53.1 Å². The Bertz CT molecular complexity index is 1080. The molecule has 162 valence electrons. The summed E-state index contributed by atoms with van der Waals surface area (Å²) in [5.74, 6) is -0.103. The smallest absolute Gasteiger partial charge is 0.273 e. The third-order valence-electron chi connectivity index (χ3n) is 3.89. The molecule has 0 spiro atoms. The molecule has 0 saturated carbocycles. The fourth-order valence-corrected chi connectivity index (χ4v) is 3.40. The lowest BCUT2D eigenvalue weighted by Crippen LogP contribution is -2.42. The van der Waals surface area contributed by atoms with Crippen LogP contribution in [0.4, 0.5) is 0 Å². The van der Waals surface area contributed by atoms with Gasteiger partial charge in [0.2, 0.25) is 11.1 Å². The molecule has 0 aliphatic carbocycles. The number of halogens is 1. The Morgan fingerprint density at radius 1 is 1.16 bits per heavy atom. The maximum atomic E-state index is 12.3. The van der Waals surface area contributed by atoms with Crippen molar-refractivity contribution in [2.24, 2.45) is 0 Å². The minimum atomic E-state index is -0.562. The van der Waals surface area contributed by atoms with Gasteiger partial charge in [0.05, 0.1) is 25.0 Å². The van der Waals surface area contributed by atoms with Crippen molar-refractivity contribution in [1.82, 2.24) is 31.1 Å². The number of hydrazine groups is 1. The van der Waals surface area contributed by atoms with Gasteiger partial charge in [-0.1, -0.05) is 35.5 Å². The number of carbonyl (C=O) groups excluding carboxylic acids is 2. The van der Waals surface area contributed by atoms with Crippen LogP contribution in [0.5, 0.6) is 11.5 Å². The highest BCUT2D eigenvalue weighted by Crippen LogP contribution is 2.26. The first-order valence-corrected chi connectivity index (χ1v) is 10.5. The normalized spacial score (nSPS) is 10.4. The van der Waals surface area contributed by atoms with Gasteiger partial charge in [-0.15, -0.1) is 5.10 Å². The van der Waals surface area contributed by atoms with Gasteiger partial charge in [0.1, 0.15) is 17.2 Å². The number of ether oxygens (including phenoxy) is 2. The minimum absolute atomic E-state index is 0.0376. The highest BCUT2D eigenvalue weighted by molar-refractivity contribution is 7.99. The van der Waals surface area contributed by atoms with Gasteiger partial charge in [-0.2, -0.15) is 4.68 Å². The fraction of sp³-hybridized carbons (Fsp3) is 0.211. The topological polar surface area (TPSA) is 120 Å². The van der Waals surface area contributed by atoms with E-state index in [1.807, 2.05) is 25.1 Å². The first-order valence-electron chi connectivity index (χ1n) is 9.09. The summed E-state index contributed by atoms with van der Waals surface area (Å²) in [6.45, 7) is 2.37. The second-order valence-electron chi connectivity index (χ2n) is 5.91. The molecule has 10 nitrogen and oxygen atoms in total. The van der Waals surface area contributed by atoms with Gasteiger partial charge in [0.25, 0.3) is 5.91 Å². The number of hydrogen-bond donors (Lipinski definition) is 2. The van der Waals surface area contributed by atoms with Crippen molar-refractivity contribution in [2.75, 3.05) is 19.5 Å². The molecule has 12 heteroatoms. The maximum absolute atomic E-state index is 12.3. The van der Waals surface area contributed by atoms with E-state index in [0.29, 0.717) is 34.0 Å². The molecule has 0 saturated heterocycles. The predicted octanol–water partition coefficient (Wildman–Crippen LogP) is 2.28. The molecule has 3 aromatic rings. The quantitative estimate of drug-likeness (QED) is 0.386. The van der Waals surface area contributed by atoms with E-state index in [-0.39, 0.29) is 11.3 Å². The average Bonchev–Trinajstić information content (AvgIpc) is 3.25. The van der Waals surface area contributed by atoms with E-state index >= 15 is 0 Å². The molecule has 0 unspecified atom stereocenters. The molecule has 3 rings (SSSR count). The van der Waals surface area contributed by atoms with Crippen LogP contribution in [0.25, 0.3) is 5.69 Å². The van der Waals surface area contributed by atoms with Crippen molar-refractivity contribution in [3.63, 3.8) is 0 Å². The number of benzene rings is 2. The zero-order chi connectivity index (χ0) is 22.2. The highest BCUT2D eigenvalue weighted by atomic mass is 35.5. The van der Waals surface area contributed by atoms with Gasteiger partial charge in [-0.25, -0.2) is 0 Å². The number of amides is 2. The Morgan fingerprint density at radius 2 is 1.97 bits per heavy atom. The molecule has 0 fully saturated rings. The van der Waals surface area contributed by atoms with Crippen LogP contribution in [0.2, 0.25) is 5.02 Å². The molecule has 1 heterocycles. The van der Waals surface area contributed by atoms with Gasteiger partial charge in [0, 0.05) is 5.02 Å². The number of rotatable bonds is 8. The maximum Gasteiger partial charge on any atom is 0.273 e. The number of nitrogens with zero attached hydrogens (tertiary/aromatic N) is 4. The summed E-state index contributed by atoms with van der Waals surface area (Å²) < 4.78 is 12.2. The van der Waals surface area contributed by atoms with Crippen molar-refractivity contribution < 1.29 is 19.1 Å². The summed E-state index contributed by atoms with van der Waals surface area (Å²) in [7, 11) is 1.43. The molecule has 1 aromatic heterocycles. The number of para-hydroxylation sites is 2. The van der Waals surface area contributed by atoms with Crippen LogP contribution in [0.15, 0.2) is 47.6 Å². The molecule has 2 N–H and O–H groups in total. The number of methoxy groups -OCH3 is 1. The van der Waals surface area contributed by atoms with Gasteiger partial charge >= 0.3 is 0 Å². The van der Waals surface area contributed by atoms with E-state index in [1.54, 1.807) is 18.2 Å². The van der Waals surface area contributed by atoms with E-state index in [4.69, 9.17) is 21.1 Å². The van der Waals surface area contributed by atoms with Crippen LogP contribution in [-0.4, -0.2) is 51.5 Å². The number of nitrogens with one attached hydrogen (secondary N) is 2. The van der Waals surface area contributed by atoms with Crippen molar-refractivity contribution in [2.45, 2.75) is 12.1 Å². The summed E-state index contributed by atoms with van der Waals surface area (Å²) in [4.78, 5) is 24.5. The summed E-state index contributed by atoms with van der Waals surface area (Å²) in [5.41, 5.74) is 5.52. The number of aromatic nitrogens is 4. The van der Waals surface area contributed by atoms with Crippen LogP contribution in [0, 0.1) is 0 Å². The number of thioether (sulfide) groups is 1. The van der Waals surface area contributed by atoms with Crippen LogP contribution in [0.1, 0.15) is 17.3 Å². The summed E-state index contributed by atoms with van der Waals surface area (Å²) >= 11 is 7.03. The van der Waals surface area contributed by atoms with Crippen LogP contribution in [-0.2, 0) is 4.79 Å². The molecule has 0 aliphatic heterocycles. The van der Waals surface area contributed by atoms with Crippen LogP contribution < -0.4 is 20.3 Å². The van der Waals surface area contributed by atoms with E-state index in [9.17, 15) is 9.59 Å². The second kappa shape index (κ2) is 10.6. The van der Waals surface area contributed by atoms with E-state index in [1.165, 1.54) is 17.9 Å². The van der Waals surface area contributed by atoms with E-state index in [0.717, 1.165) is 11.8 Å². The number of hydrogen-bond acceptors (Lipinski definition) is 8. The first-order chi connectivity index (χ1) is 15.0. The predicted molar refractivity (Wildman–Crippen MR) is 115 cm³/mol. The summed E-state index contributed by atoms with van der Waals surface area (Å²) in [6, 6.07) is 11.9. The molecule has 2 amide bonds. The lowest BCUT2D eigenvalue weighted by Gasteiger charge is -2.11.